The van der Waals surface area contributed by atoms with E-state index in [-0.39, 0.29) is 11.0 Å². The lowest BCUT2D eigenvalue weighted by Crippen LogP contribution is -2.38. The highest BCUT2D eigenvalue weighted by Gasteiger charge is 2.17. The van der Waals surface area contributed by atoms with Crippen molar-refractivity contribution in [2.45, 2.75) is 0 Å². The van der Waals surface area contributed by atoms with Crippen molar-refractivity contribution in [1.82, 2.24) is 4.90 Å². The van der Waals surface area contributed by atoms with Crippen LogP contribution in [0.15, 0.2) is 0 Å². The summed E-state index contributed by atoms with van der Waals surface area (Å²) in [6, 6.07) is 0. The number of carbonyl (C=O) groups is 2. The Balaban J connectivity index is 2.25. The fourth-order valence-corrected chi connectivity index (χ4v) is 1.57. The van der Waals surface area contributed by atoms with Crippen LogP contribution in [-0.4, -0.2) is 53.3 Å². The highest BCUT2D eigenvalue weighted by atomic mass is 32.2. The molecule has 0 bridgehead atoms. The second-order valence-corrected chi connectivity index (χ2v) is 3.47. The first kappa shape index (κ1) is 10.3. The number of amides is 1. The number of thioether (sulfide) groups is 1. The fourth-order valence-electron chi connectivity index (χ4n) is 0.961. The van der Waals surface area contributed by atoms with Crippen LogP contribution in [0.5, 0.6) is 0 Å². The summed E-state index contributed by atoms with van der Waals surface area (Å²) in [5, 5.41) is 8.17. The first-order valence-corrected chi connectivity index (χ1v) is 4.90. The van der Waals surface area contributed by atoms with Crippen LogP contribution in [0.1, 0.15) is 0 Å². The summed E-state index contributed by atoms with van der Waals surface area (Å²) in [5.74, 6) is -1.14. The van der Waals surface area contributed by atoms with Crippen LogP contribution in [0, 0.1) is 0 Å². The van der Waals surface area contributed by atoms with Crippen molar-refractivity contribution in [1.29, 1.82) is 0 Å². The minimum atomic E-state index is -0.966. The summed E-state index contributed by atoms with van der Waals surface area (Å²) in [5.41, 5.74) is 0. The number of hydrogen-bond donors (Lipinski definition) is 1. The van der Waals surface area contributed by atoms with Crippen LogP contribution in [0.3, 0.4) is 0 Å². The molecule has 0 atom stereocenters. The molecule has 13 heavy (non-hydrogen) atoms. The number of morpholine rings is 1. The maximum absolute atomic E-state index is 11.3. The SMILES string of the molecule is O=C(O)CSC(=O)N1CCOCC1. The zero-order chi connectivity index (χ0) is 9.68. The van der Waals surface area contributed by atoms with Gasteiger partial charge in [0.2, 0.25) is 0 Å². The first-order chi connectivity index (χ1) is 6.20. The topological polar surface area (TPSA) is 66.8 Å². The molecule has 1 fully saturated rings. The van der Waals surface area contributed by atoms with Crippen molar-refractivity contribution >= 4 is 23.0 Å². The average Bonchev–Trinajstić information content (AvgIpc) is 2.15. The van der Waals surface area contributed by atoms with E-state index in [2.05, 4.69) is 0 Å². The van der Waals surface area contributed by atoms with Gasteiger partial charge in [-0.1, -0.05) is 11.8 Å². The number of carboxylic acids is 1. The van der Waals surface area contributed by atoms with E-state index in [1.54, 1.807) is 4.90 Å². The Morgan fingerprint density at radius 1 is 1.38 bits per heavy atom. The second kappa shape index (κ2) is 5.08. The third-order valence-electron chi connectivity index (χ3n) is 1.59. The number of ether oxygens (including phenoxy) is 1. The van der Waals surface area contributed by atoms with Gasteiger partial charge in [0.25, 0.3) is 5.24 Å². The normalized spacial score (nSPS) is 17.1. The molecule has 1 aliphatic heterocycles. The minimum Gasteiger partial charge on any atom is -0.481 e. The van der Waals surface area contributed by atoms with E-state index < -0.39 is 5.97 Å². The fraction of sp³-hybridized carbons (Fsp3) is 0.714. The Bertz CT molecular complexity index is 203. The molecule has 1 amide bonds. The van der Waals surface area contributed by atoms with Crippen molar-refractivity contribution in [2.75, 3.05) is 32.1 Å². The zero-order valence-corrected chi connectivity index (χ0v) is 7.88. The van der Waals surface area contributed by atoms with Crippen LogP contribution in [0.2, 0.25) is 0 Å². The van der Waals surface area contributed by atoms with E-state index >= 15 is 0 Å². The van der Waals surface area contributed by atoms with Gasteiger partial charge >= 0.3 is 5.97 Å². The summed E-state index contributed by atoms with van der Waals surface area (Å²) in [6.45, 7) is 2.20. The van der Waals surface area contributed by atoms with E-state index in [0.717, 1.165) is 11.8 Å². The number of nitrogens with zero attached hydrogens (tertiary/aromatic N) is 1. The molecule has 0 aliphatic carbocycles. The van der Waals surface area contributed by atoms with Crippen LogP contribution >= 0.6 is 11.8 Å². The van der Waals surface area contributed by atoms with Gasteiger partial charge in [0.05, 0.1) is 13.2 Å². The lowest BCUT2D eigenvalue weighted by Gasteiger charge is -2.25. The smallest absolute Gasteiger partial charge is 0.314 e. The van der Waals surface area contributed by atoms with Gasteiger partial charge in [-0.2, -0.15) is 0 Å². The van der Waals surface area contributed by atoms with E-state index in [1.165, 1.54) is 0 Å². The molecule has 0 aromatic carbocycles. The van der Waals surface area contributed by atoms with Gasteiger partial charge < -0.3 is 14.7 Å². The first-order valence-electron chi connectivity index (χ1n) is 3.91. The molecule has 0 saturated carbocycles. The van der Waals surface area contributed by atoms with Gasteiger partial charge in [0.15, 0.2) is 0 Å². The second-order valence-electron chi connectivity index (χ2n) is 2.55. The molecule has 6 heteroatoms. The number of hydrogen-bond acceptors (Lipinski definition) is 4. The lowest BCUT2D eigenvalue weighted by molar-refractivity contribution is -0.133. The zero-order valence-electron chi connectivity index (χ0n) is 7.06. The Hall–Kier alpha value is -0.750. The van der Waals surface area contributed by atoms with Gasteiger partial charge in [0, 0.05) is 13.1 Å². The molecule has 1 rings (SSSR count). The van der Waals surface area contributed by atoms with Gasteiger partial charge in [-0.25, -0.2) is 0 Å². The highest BCUT2D eigenvalue weighted by molar-refractivity contribution is 8.14. The molecule has 0 radical (unpaired) electrons. The lowest BCUT2D eigenvalue weighted by atomic mass is 10.5. The Morgan fingerprint density at radius 2 is 2.00 bits per heavy atom. The van der Waals surface area contributed by atoms with E-state index in [9.17, 15) is 9.59 Å². The third-order valence-corrected chi connectivity index (χ3v) is 2.48. The van der Waals surface area contributed by atoms with Gasteiger partial charge in [-0.15, -0.1) is 0 Å². The van der Waals surface area contributed by atoms with Crippen LogP contribution in [0.25, 0.3) is 0 Å². The van der Waals surface area contributed by atoms with E-state index in [0.29, 0.717) is 26.3 Å². The van der Waals surface area contributed by atoms with E-state index in [4.69, 9.17) is 9.84 Å². The van der Waals surface area contributed by atoms with Crippen LogP contribution < -0.4 is 0 Å². The maximum Gasteiger partial charge on any atom is 0.314 e. The monoisotopic (exact) mass is 205 g/mol. The third kappa shape index (κ3) is 3.65. The predicted octanol–water partition coefficient (Wildman–Crippen LogP) is 0.256. The van der Waals surface area contributed by atoms with Crippen LogP contribution in [0.4, 0.5) is 4.79 Å². The standard InChI is InChI=1S/C7H11NO4S/c9-6(10)5-13-7(11)8-1-3-12-4-2-8/h1-5H2,(H,9,10). The Labute approximate surface area is 80.0 Å². The molecule has 1 heterocycles. The molecular weight excluding hydrogens is 194 g/mol. The highest BCUT2D eigenvalue weighted by Crippen LogP contribution is 2.10. The maximum atomic E-state index is 11.3. The summed E-state index contributed by atoms with van der Waals surface area (Å²) < 4.78 is 5.06. The molecule has 5 nitrogen and oxygen atoms in total. The van der Waals surface area contributed by atoms with Gasteiger partial charge in [-0.05, 0) is 0 Å². The van der Waals surface area contributed by atoms with Gasteiger partial charge in [0.1, 0.15) is 5.75 Å². The largest absolute Gasteiger partial charge is 0.481 e. The number of carbonyl (C=O) groups excluding carboxylic acids is 1. The quantitative estimate of drug-likeness (QED) is 0.700. The molecule has 1 aliphatic rings. The molecule has 0 aromatic rings. The molecule has 0 spiro atoms. The number of carboxylic acid groups (broad SMARTS) is 1. The Morgan fingerprint density at radius 3 is 2.54 bits per heavy atom. The summed E-state index contributed by atoms with van der Waals surface area (Å²) in [7, 11) is 0. The van der Waals surface area contributed by atoms with Crippen molar-refractivity contribution in [3.8, 4) is 0 Å². The molecule has 74 valence electrons. The number of rotatable bonds is 2. The van der Waals surface area contributed by atoms with Crippen molar-refractivity contribution in [3.63, 3.8) is 0 Å². The molecule has 0 aromatic heterocycles. The Kier molecular flexibility index (Phi) is 4.04. The minimum absolute atomic E-state index is 0.170. The summed E-state index contributed by atoms with van der Waals surface area (Å²) in [4.78, 5) is 23.1. The summed E-state index contributed by atoms with van der Waals surface area (Å²) in [6.07, 6.45) is 0. The summed E-state index contributed by atoms with van der Waals surface area (Å²) >= 11 is 0.823. The molecule has 1 N–H and O–H groups in total. The van der Waals surface area contributed by atoms with Crippen LogP contribution in [-0.2, 0) is 9.53 Å². The van der Waals surface area contributed by atoms with Crippen molar-refractivity contribution in [3.05, 3.63) is 0 Å². The van der Waals surface area contributed by atoms with Crippen molar-refractivity contribution in [2.24, 2.45) is 0 Å². The number of aliphatic carboxylic acids is 1. The van der Waals surface area contributed by atoms with E-state index in [1.807, 2.05) is 0 Å². The van der Waals surface area contributed by atoms with Gasteiger partial charge in [-0.3, -0.25) is 9.59 Å². The average molecular weight is 205 g/mol. The van der Waals surface area contributed by atoms with Crippen molar-refractivity contribution < 1.29 is 19.4 Å². The predicted molar refractivity (Wildman–Crippen MR) is 47.9 cm³/mol. The molecule has 0 unspecified atom stereocenters. The molecule has 1 saturated heterocycles. The molecular formula is C7H11NO4S.